The Hall–Kier alpha value is -0.830. The molecule has 0 aliphatic rings. The topological polar surface area (TPSA) is 37.3 Å². The molecule has 1 aromatic rings. The molecule has 0 aliphatic carbocycles. The lowest BCUT2D eigenvalue weighted by molar-refractivity contribution is -0.136. The smallest absolute Gasteiger partial charge is 0.308 e. The van der Waals surface area contributed by atoms with Gasteiger partial charge in [-0.15, -0.1) is 11.3 Å². The van der Waals surface area contributed by atoms with Gasteiger partial charge in [-0.05, 0) is 23.4 Å². The molecule has 0 aliphatic heterocycles. The van der Waals surface area contributed by atoms with Crippen LogP contribution in [0.5, 0.6) is 0 Å². The third-order valence-electron chi connectivity index (χ3n) is 1.53. The molecule has 3 heteroatoms. The van der Waals surface area contributed by atoms with E-state index in [4.69, 9.17) is 5.11 Å². The van der Waals surface area contributed by atoms with Crippen LogP contribution in [0, 0.1) is 0 Å². The first-order valence-electron chi connectivity index (χ1n) is 4.51. The number of carboxylic acid groups (broad SMARTS) is 1. The Kier molecular flexibility index (Phi) is 6.24. The number of hydrogen-bond donors (Lipinski definition) is 1. The van der Waals surface area contributed by atoms with Crippen LogP contribution in [0.25, 0.3) is 0 Å². The van der Waals surface area contributed by atoms with E-state index < -0.39 is 5.97 Å². The van der Waals surface area contributed by atoms with E-state index in [-0.39, 0.29) is 6.42 Å². The van der Waals surface area contributed by atoms with Gasteiger partial charge in [0.25, 0.3) is 0 Å². The van der Waals surface area contributed by atoms with Crippen molar-refractivity contribution in [3.63, 3.8) is 0 Å². The highest BCUT2D eigenvalue weighted by Crippen LogP contribution is 2.17. The molecule has 13 heavy (non-hydrogen) atoms. The Balaban J connectivity index is 0.000000671. The van der Waals surface area contributed by atoms with Crippen LogP contribution in [-0.4, -0.2) is 11.1 Å². The van der Waals surface area contributed by atoms with E-state index in [2.05, 4.69) is 0 Å². The second kappa shape index (κ2) is 6.66. The molecular weight excluding hydrogens is 184 g/mol. The fourth-order valence-corrected chi connectivity index (χ4v) is 1.94. The molecule has 0 spiro atoms. The van der Waals surface area contributed by atoms with Gasteiger partial charge in [-0.2, -0.15) is 0 Å². The SMILES string of the molecule is CC.CCc1ccsc1CC(=O)O. The van der Waals surface area contributed by atoms with Crippen LogP contribution in [0.1, 0.15) is 31.2 Å². The Morgan fingerprint density at radius 3 is 2.62 bits per heavy atom. The number of aliphatic carboxylic acids is 1. The number of carboxylic acids is 1. The second-order valence-electron chi connectivity index (χ2n) is 2.29. The van der Waals surface area contributed by atoms with Crippen molar-refractivity contribution >= 4 is 17.3 Å². The lowest BCUT2D eigenvalue weighted by Gasteiger charge is -1.95. The summed E-state index contributed by atoms with van der Waals surface area (Å²) >= 11 is 1.52. The van der Waals surface area contributed by atoms with E-state index in [0.29, 0.717) is 0 Å². The van der Waals surface area contributed by atoms with Gasteiger partial charge in [-0.1, -0.05) is 20.8 Å². The van der Waals surface area contributed by atoms with Gasteiger partial charge in [0.2, 0.25) is 0 Å². The number of thiophene rings is 1. The molecule has 1 N–H and O–H groups in total. The van der Waals surface area contributed by atoms with Crippen molar-refractivity contribution in [2.75, 3.05) is 0 Å². The summed E-state index contributed by atoms with van der Waals surface area (Å²) in [6.45, 7) is 6.04. The van der Waals surface area contributed by atoms with Crippen LogP contribution in [0.15, 0.2) is 11.4 Å². The van der Waals surface area contributed by atoms with E-state index in [1.165, 1.54) is 11.3 Å². The van der Waals surface area contributed by atoms with Crippen molar-refractivity contribution in [2.45, 2.75) is 33.6 Å². The van der Waals surface area contributed by atoms with Crippen molar-refractivity contribution in [2.24, 2.45) is 0 Å². The highest BCUT2D eigenvalue weighted by molar-refractivity contribution is 7.10. The summed E-state index contributed by atoms with van der Waals surface area (Å²) in [5.41, 5.74) is 1.16. The first-order chi connectivity index (χ1) is 6.24. The van der Waals surface area contributed by atoms with Crippen molar-refractivity contribution < 1.29 is 9.90 Å². The van der Waals surface area contributed by atoms with Gasteiger partial charge in [0, 0.05) is 4.88 Å². The van der Waals surface area contributed by atoms with Gasteiger partial charge in [0.05, 0.1) is 6.42 Å². The Morgan fingerprint density at radius 1 is 1.54 bits per heavy atom. The zero-order valence-corrected chi connectivity index (χ0v) is 9.15. The van der Waals surface area contributed by atoms with Crippen molar-refractivity contribution in [3.8, 4) is 0 Å². The maximum atomic E-state index is 10.3. The van der Waals surface area contributed by atoms with E-state index in [1.807, 2.05) is 32.2 Å². The van der Waals surface area contributed by atoms with Gasteiger partial charge >= 0.3 is 5.97 Å². The summed E-state index contributed by atoms with van der Waals surface area (Å²) in [4.78, 5) is 11.3. The molecule has 0 atom stereocenters. The normalized spacial score (nSPS) is 8.85. The molecule has 1 rings (SSSR count). The lowest BCUT2D eigenvalue weighted by Crippen LogP contribution is -1.99. The molecular formula is C10H16O2S. The fraction of sp³-hybridized carbons (Fsp3) is 0.500. The maximum absolute atomic E-state index is 10.3. The molecule has 74 valence electrons. The quantitative estimate of drug-likeness (QED) is 0.814. The van der Waals surface area contributed by atoms with Crippen LogP contribution < -0.4 is 0 Å². The summed E-state index contributed by atoms with van der Waals surface area (Å²) in [6, 6.07) is 1.99. The fourth-order valence-electron chi connectivity index (χ4n) is 0.974. The van der Waals surface area contributed by atoms with Gasteiger partial charge in [0.1, 0.15) is 0 Å². The molecule has 0 aromatic carbocycles. The summed E-state index contributed by atoms with van der Waals surface area (Å²) in [5.74, 6) is -0.748. The third kappa shape index (κ3) is 4.08. The molecule has 0 fully saturated rings. The summed E-state index contributed by atoms with van der Waals surface area (Å²) < 4.78 is 0. The lowest BCUT2D eigenvalue weighted by atomic mass is 10.2. The van der Waals surface area contributed by atoms with E-state index in [0.717, 1.165) is 16.9 Å². The molecule has 0 bridgehead atoms. The molecule has 0 radical (unpaired) electrons. The Bertz CT molecular complexity index is 253. The van der Waals surface area contributed by atoms with Gasteiger partial charge in [-0.3, -0.25) is 4.79 Å². The summed E-state index contributed by atoms with van der Waals surface area (Å²) in [5, 5.41) is 10.5. The van der Waals surface area contributed by atoms with Crippen LogP contribution in [0.4, 0.5) is 0 Å². The zero-order chi connectivity index (χ0) is 10.3. The van der Waals surface area contributed by atoms with Crippen LogP contribution in [0.2, 0.25) is 0 Å². The number of aryl methyl sites for hydroxylation is 1. The minimum absolute atomic E-state index is 0.167. The predicted molar refractivity (Wildman–Crippen MR) is 56.4 cm³/mol. The summed E-state index contributed by atoms with van der Waals surface area (Å²) in [6.07, 6.45) is 1.09. The Labute approximate surface area is 83.2 Å². The molecule has 0 unspecified atom stereocenters. The van der Waals surface area contributed by atoms with E-state index in [9.17, 15) is 4.79 Å². The van der Waals surface area contributed by atoms with Crippen LogP contribution >= 0.6 is 11.3 Å². The molecule has 0 saturated carbocycles. The summed E-state index contributed by atoms with van der Waals surface area (Å²) in [7, 11) is 0. The number of carbonyl (C=O) groups is 1. The van der Waals surface area contributed by atoms with E-state index in [1.54, 1.807) is 0 Å². The van der Waals surface area contributed by atoms with Gasteiger partial charge in [0.15, 0.2) is 0 Å². The van der Waals surface area contributed by atoms with Gasteiger partial charge < -0.3 is 5.11 Å². The van der Waals surface area contributed by atoms with Gasteiger partial charge in [-0.25, -0.2) is 0 Å². The highest BCUT2D eigenvalue weighted by Gasteiger charge is 2.05. The van der Waals surface area contributed by atoms with Crippen LogP contribution in [-0.2, 0) is 17.6 Å². The Morgan fingerprint density at radius 2 is 2.15 bits per heavy atom. The first-order valence-corrected chi connectivity index (χ1v) is 5.39. The zero-order valence-electron chi connectivity index (χ0n) is 8.33. The average Bonchev–Trinajstić information content (AvgIpc) is 2.54. The molecule has 0 saturated heterocycles. The largest absolute Gasteiger partial charge is 0.481 e. The predicted octanol–water partition coefficient (Wildman–Crippen LogP) is 2.96. The monoisotopic (exact) mass is 200 g/mol. The van der Waals surface area contributed by atoms with E-state index >= 15 is 0 Å². The number of hydrogen-bond acceptors (Lipinski definition) is 2. The first kappa shape index (κ1) is 12.2. The van der Waals surface area contributed by atoms with Crippen molar-refractivity contribution in [1.82, 2.24) is 0 Å². The standard InChI is InChI=1S/C8H10O2S.C2H6/c1-2-6-3-4-11-7(6)5-8(9)10;1-2/h3-4H,2,5H2,1H3,(H,9,10);1-2H3. The minimum atomic E-state index is -0.748. The molecule has 2 nitrogen and oxygen atoms in total. The average molecular weight is 200 g/mol. The number of rotatable bonds is 3. The third-order valence-corrected chi connectivity index (χ3v) is 2.49. The maximum Gasteiger partial charge on any atom is 0.308 e. The van der Waals surface area contributed by atoms with Crippen molar-refractivity contribution in [3.05, 3.63) is 21.9 Å². The second-order valence-corrected chi connectivity index (χ2v) is 3.29. The van der Waals surface area contributed by atoms with Crippen LogP contribution in [0.3, 0.4) is 0 Å². The van der Waals surface area contributed by atoms with Crippen molar-refractivity contribution in [1.29, 1.82) is 0 Å². The molecule has 1 aromatic heterocycles. The molecule has 0 amide bonds. The minimum Gasteiger partial charge on any atom is -0.481 e. The molecule has 1 heterocycles. The highest BCUT2D eigenvalue weighted by atomic mass is 32.1.